The topological polar surface area (TPSA) is 46.6 Å². The highest BCUT2D eigenvalue weighted by Crippen LogP contribution is 2.26. The molecule has 0 saturated carbocycles. The molecule has 0 aliphatic rings. The first-order valence-corrected chi connectivity index (χ1v) is 9.78. The molecule has 0 aliphatic carbocycles. The quantitative estimate of drug-likeness (QED) is 0.737. The Balaban J connectivity index is 2.26. The molecule has 0 fully saturated rings. The minimum Gasteiger partial charge on any atom is -0.497 e. The van der Waals surface area contributed by atoms with Crippen molar-refractivity contribution in [2.24, 2.45) is 0 Å². The number of ether oxygens (including phenoxy) is 1. The van der Waals surface area contributed by atoms with E-state index >= 15 is 0 Å². The molecule has 0 N–H and O–H groups in total. The van der Waals surface area contributed by atoms with Gasteiger partial charge in [0.05, 0.1) is 7.11 Å². The predicted molar refractivity (Wildman–Crippen MR) is 103 cm³/mol. The molecule has 0 amide bonds. The van der Waals surface area contributed by atoms with E-state index in [0.29, 0.717) is 12.3 Å². The van der Waals surface area contributed by atoms with Gasteiger partial charge in [0.2, 0.25) is 10.0 Å². The fourth-order valence-corrected chi connectivity index (χ4v) is 4.07. The van der Waals surface area contributed by atoms with Crippen molar-refractivity contribution in [3.8, 4) is 5.75 Å². The zero-order chi connectivity index (χ0) is 18.4. The van der Waals surface area contributed by atoms with Gasteiger partial charge in [-0.2, -0.15) is 4.31 Å². The first-order chi connectivity index (χ1) is 11.9. The van der Waals surface area contributed by atoms with Gasteiger partial charge in [0.25, 0.3) is 0 Å². The van der Waals surface area contributed by atoms with Gasteiger partial charge in [-0.15, -0.1) is 0 Å². The lowest BCUT2D eigenvalue weighted by Gasteiger charge is -2.26. The Morgan fingerprint density at radius 1 is 1.16 bits per heavy atom. The summed E-state index contributed by atoms with van der Waals surface area (Å²) in [5.74, 6) is 0.716. The second-order valence-corrected chi connectivity index (χ2v) is 7.69. The maximum Gasteiger partial charge on any atom is 0.236 e. The molecule has 2 aromatic carbocycles. The third-order valence-corrected chi connectivity index (χ3v) is 5.86. The number of rotatable bonds is 7. The van der Waals surface area contributed by atoms with Crippen LogP contribution in [-0.4, -0.2) is 26.4 Å². The van der Waals surface area contributed by atoms with E-state index in [-0.39, 0.29) is 6.04 Å². The fourth-order valence-electron chi connectivity index (χ4n) is 2.66. The molecule has 0 radical (unpaired) electrons. The van der Waals surface area contributed by atoms with Gasteiger partial charge >= 0.3 is 0 Å². The molecule has 2 aromatic rings. The van der Waals surface area contributed by atoms with E-state index in [1.165, 1.54) is 9.71 Å². The van der Waals surface area contributed by atoms with Crippen LogP contribution in [-0.2, 0) is 10.0 Å². The lowest BCUT2D eigenvalue weighted by Crippen LogP contribution is -2.31. The molecule has 1 atom stereocenters. The molecule has 0 aliphatic heterocycles. The molecule has 1 unspecified atom stereocenters. The van der Waals surface area contributed by atoms with Crippen molar-refractivity contribution in [2.45, 2.75) is 26.8 Å². The standard InChI is InChI=1S/C20H25NO3S/c1-5-21(17(3)19-7-6-8-20(15-19)24-4)25(22,23)14-13-18-11-9-16(2)10-12-18/h6-15,17H,5H2,1-4H3/b14-13+. The zero-order valence-electron chi connectivity index (χ0n) is 15.1. The Kier molecular flexibility index (Phi) is 6.39. The number of benzene rings is 2. The van der Waals surface area contributed by atoms with E-state index in [1.807, 2.05) is 69.3 Å². The number of hydrogen-bond acceptors (Lipinski definition) is 3. The lowest BCUT2D eigenvalue weighted by molar-refractivity contribution is 0.359. The summed E-state index contributed by atoms with van der Waals surface area (Å²) < 4.78 is 32.3. The van der Waals surface area contributed by atoms with Gasteiger partial charge in [0.1, 0.15) is 5.75 Å². The summed E-state index contributed by atoms with van der Waals surface area (Å²) in [7, 11) is -1.94. The van der Waals surface area contributed by atoms with Crippen molar-refractivity contribution < 1.29 is 13.2 Å². The van der Waals surface area contributed by atoms with E-state index in [1.54, 1.807) is 13.2 Å². The predicted octanol–water partition coefficient (Wildman–Crippen LogP) is 4.39. The van der Waals surface area contributed by atoms with Crippen molar-refractivity contribution in [3.05, 3.63) is 70.6 Å². The lowest BCUT2D eigenvalue weighted by atomic mass is 10.1. The van der Waals surface area contributed by atoms with Crippen molar-refractivity contribution in [1.29, 1.82) is 0 Å². The molecular weight excluding hydrogens is 334 g/mol. The second-order valence-electron chi connectivity index (χ2n) is 5.91. The fraction of sp³-hybridized carbons (Fsp3) is 0.300. The van der Waals surface area contributed by atoms with Gasteiger partial charge in [-0.3, -0.25) is 0 Å². The van der Waals surface area contributed by atoms with Gasteiger partial charge in [0.15, 0.2) is 0 Å². The third kappa shape index (κ3) is 4.94. The number of aryl methyl sites for hydroxylation is 1. The summed E-state index contributed by atoms with van der Waals surface area (Å²) in [6, 6.07) is 14.9. The average Bonchev–Trinajstić information content (AvgIpc) is 2.61. The zero-order valence-corrected chi connectivity index (χ0v) is 16.0. The molecule has 5 heteroatoms. The molecule has 0 aromatic heterocycles. The smallest absolute Gasteiger partial charge is 0.236 e. The molecule has 0 spiro atoms. The van der Waals surface area contributed by atoms with E-state index < -0.39 is 10.0 Å². The molecule has 4 nitrogen and oxygen atoms in total. The Labute approximate surface area is 150 Å². The first kappa shape index (κ1) is 19.2. The molecule has 25 heavy (non-hydrogen) atoms. The molecule has 0 saturated heterocycles. The second kappa shape index (κ2) is 8.32. The van der Waals surface area contributed by atoms with Crippen molar-refractivity contribution >= 4 is 16.1 Å². The SMILES string of the molecule is CCN(C(C)c1cccc(OC)c1)S(=O)(=O)/C=C/c1ccc(C)cc1. The molecule has 0 heterocycles. The van der Waals surface area contributed by atoms with Crippen molar-refractivity contribution in [1.82, 2.24) is 4.31 Å². The van der Waals surface area contributed by atoms with Gasteiger partial charge in [-0.25, -0.2) is 8.42 Å². The largest absolute Gasteiger partial charge is 0.497 e. The Hall–Kier alpha value is -2.11. The summed E-state index contributed by atoms with van der Waals surface area (Å²) in [6.45, 7) is 6.11. The van der Waals surface area contributed by atoms with Crippen LogP contribution in [0.15, 0.2) is 53.9 Å². The summed E-state index contributed by atoms with van der Waals surface area (Å²) in [5.41, 5.74) is 2.90. The summed E-state index contributed by atoms with van der Waals surface area (Å²) in [4.78, 5) is 0. The van der Waals surface area contributed by atoms with Crippen molar-refractivity contribution in [2.75, 3.05) is 13.7 Å². The van der Waals surface area contributed by atoms with Crippen LogP contribution in [0.25, 0.3) is 6.08 Å². The third-order valence-electron chi connectivity index (χ3n) is 4.16. The monoisotopic (exact) mass is 359 g/mol. The Bertz CT molecular complexity index is 826. The normalized spacial score (nSPS) is 13.3. The Morgan fingerprint density at radius 2 is 1.84 bits per heavy atom. The minimum absolute atomic E-state index is 0.284. The van der Waals surface area contributed by atoms with Crippen LogP contribution in [0.1, 0.15) is 36.6 Å². The van der Waals surface area contributed by atoms with Crippen LogP contribution >= 0.6 is 0 Å². The van der Waals surface area contributed by atoms with E-state index in [9.17, 15) is 8.42 Å². The highest BCUT2D eigenvalue weighted by molar-refractivity contribution is 7.92. The summed E-state index contributed by atoms with van der Waals surface area (Å²) >= 11 is 0. The minimum atomic E-state index is -3.54. The maximum absolute atomic E-state index is 12.8. The number of hydrogen-bond donors (Lipinski definition) is 0. The van der Waals surface area contributed by atoms with E-state index in [2.05, 4.69) is 0 Å². The van der Waals surface area contributed by atoms with Gasteiger partial charge in [-0.05, 0) is 43.2 Å². The van der Waals surface area contributed by atoms with Crippen molar-refractivity contribution in [3.63, 3.8) is 0 Å². The molecule has 0 bridgehead atoms. The first-order valence-electron chi connectivity index (χ1n) is 8.28. The van der Waals surface area contributed by atoms with Gasteiger partial charge < -0.3 is 4.74 Å². The molecular formula is C20H25NO3S. The van der Waals surface area contributed by atoms with Crippen LogP contribution in [0.4, 0.5) is 0 Å². The summed E-state index contributed by atoms with van der Waals surface area (Å²) in [6.07, 6.45) is 1.63. The van der Waals surface area contributed by atoms with Crippen LogP contribution in [0.2, 0.25) is 0 Å². The van der Waals surface area contributed by atoms with Crippen LogP contribution in [0.5, 0.6) is 5.75 Å². The number of sulfonamides is 1. The molecule has 2 rings (SSSR count). The van der Waals surface area contributed by atoms with E-state index in [0.717, 1.165) is 16.7 Å². The average molecular weight is 359 g/mol. The Morgan fingerprint density at radius 3 is 2.44 bits per heavy atom. The van der Waals surface area contributed by atoms with Crippen LogP contribution in [0, 0.1) is 6.92 Å². The van der Waals surface area contributed by atoms with Crippen LogP contribution in [0.3, 0.4) is 0 Å². The highest BCUT2D eigenvalue weighted by atomic mass is 32.2. The number of methoxy groups -OCH3 is 1. The summed E-state index contributed by atoms with van der Waals surface area (Å²) in [5, 5.41) is 1.28. The van der Waals surface area contributed by atoms with Gasteiger partial charge in [0, 0.05) is 18.0 Å². The van der Waals surface area contributed by atoms with E-state index in [4.69, 9.17) is 4.74 Å². The van der Waals surface area contributed by atoms with Crippen LogP contribution < -0.4 is 4.74 Å². The molecule has 134 valence electrons. The van der Waals surface area contributed by atoms with Gasteiger partial charge in [-0.1, -0.05) is 48.9 Å². The highest BCUT2D eigenvalue weighted by Gasteiger charge is 2.24. The number of nitrogens with zero attached hydrogens (tertiary/aromatic N) is 1. The maximum atomic E-state index is 12.8.